The fourth-order valence-electron chi connectivity index (χ4n) is 0.549. The number of benzene rings is 1. The van der Waals surface area contributed by atoms with Crippen molar-refractivity contribution in [3.8, 4) is 11.5 Å². The van der Waals surface area contributed by atoms with Crippen molar-refractivity contribution in [2.45, 2.75) is 0 Å². The van der Waals surface area contributed by atoms with Gasteiger partial charge in [-0.3, -0.25) is 0 Å². The molecule has 0 fully saturated rings. The van der Waals surface area contributed by atoms with Crippen molar-refractivity contribution in [3.63, 3.8) is 0 Å². The van der Waals surface area contributed by atoms with Gasteiger partial charge in [-0.05, 0) is 0 Å². The van der Waals surface area contributed by atoms with E-state index in [1.165, 1.54) is 24.7 Å². The Balaban J connectivity index is 3.25. The average molecular weight is 179 g/mol. The summed E-state index contributed by atoms with van der Waals surface area (Å²) in [6.07, 6.45) is 0. The van der Waals surface area contributed by atoms with Crippen molar-refractivity contribution < 1.29 is 10.2 Å². The van der Waals surface area contributed by atoms with Crippen molar-refractivity contribution in [2.24, 2.45) is 0 Å². The predicted molar refractivity (Wildman–Crippen MR) is 35.2 cm³/mol. The second-order valence-corrected chi connectivity index (χ2v) is 3.02. The number of para-hydroxylation sites is 1. The van der Waals surface area contributed by atoms with Gasteiger partial charge < -0.3 is 0 Å². The van der Waals surface area contributed by atoms with E-state index in [4.69, 9.17) is 10.2 Å². The van der Waals surface area contributed by atoms with Gasteiger partial charge in [-0.2, -0.15) is 0 Å². The topological polar surface area (TPSA) is 40.5 Å². The molecule has 0 aromatic heterocycles. The molecule has 0 amide bonds. The van der Waals surface area contributed by atoms with Gasteiger partial charge in [0.2, 0.25) is 0 Å². The third-order valence-corrected chi connectivity index (χ3v) is 2.02. The van der Waals surface area contributed by atoms with E-state index in [0.29, 0.717) is 0 Å². The van der Waals surface area contributed by atoms with Gasteiger partial charge >= 0.3 is 62.6 Å². The van der Waals surface area contributed by atoms with Gasteiger partial charge in [0, 0.05) is 0 Å². The number of phenolic OH excluding ortho intramolecular Hbond substituents is 2. The Bertz CT molecular complexity index is 202. The summed E-state index contributed by atoms with van der Waals surface area (Å²) in [5.41, 5.74) is 0. The van der Waals surface area contributed by atoms with Crippen LogP contribution in [0.2, 0.25) is 0 Å². The molecule has 0 unspecified atom stereocenters. The summed E-state index contributed by atoms with van der Waals surface area (Å²) in [7, 11) is 0. The predicted octanol–water partition coefficient (Wildman–Crippen LogP) is -0.108. The molecular formula is C6H5GaO2. The fourth-order valence-corrected chi connectivity index (χ4v) is 1.09. The van der Waals surface area contributed by atoms with E-state index < -0.39 is 0 Å². The van der Waals surface area contributed by atoms with Crippen LogP contribution in [-0.4, -0.2) is 28.8 Å². The zero-order valence-corrected chi connectivity index (χ0v) is 7.13. The number of phenols is 2. The van der Waals surface area contributed by atoms with Crippen LogP contribution < -0.4 is 4.12 Å². The Morgan fingerprint density at radius 3 is 2.33 bits per heavy atom. The first-order chi connectivity index (χ1) is 4.22. The number of hydrogen-bond donors (Lipinski definition) is 2. The third kappa shape index (κ3) is 1.23. The van der Waals surface area contributed by atoms with Gasteiger partial charge in [-0.25, -0.2) is 0 Å². The molecule has 2 nitrogen and oxygen atoms in total. The Morgan fingerprint density at radius 1 is 1.22 bits per heavy atom. The molecule has 2 N–H and O–H groups in total. The summed E-state index contributed by atoms with van der Waals surface area (Å²) in [5.74, 6) is -0.0469. The van der Waals surface area contributed by atoms with E-state index in [1.54, 1.807) is 12.1 Å². The van der Waals surface area contributed by atoms with Crippen LogP contribution in [0.15, 0.2) is 18.2 Å². The van der Waals surface area contributed by atoms with E-state index in [2.05, 4.69) is 0 Å². The molecule has 1 rings (SSSR count). The molecule has 0 aliphatic carbocycles. The van der Waals surface area contributed by atoms with E-state index in [1.807, 2.05) is 0 Å². The van der Waals surface area contributed by atoms with E-state index >= 15 is 0 Å². The van der Waals surface area contributed by atoms with Crippen LogP contribution in [0.1, 0.15) is 0 Å². The number of rotatable bonds is 0. The molecule has 0 spiro atoms. The normalized spacial score (nSPS) is 9.33. The van der Waals surface area contributed by atoms with E-state index in [-0.39, 0.29) is 11.5 Å². The van der Waals surface area contributed by atoms with E-state index in [0.717, 1.165) is 4.12 Å². The SMILES string of the molecule is Oc1ccc[c]([Ga])c1O. The van der Waals surface area contributed by atoms with Crippen molar-refractivity contribution >= 4 is 22.7 Å². The summed E-state index contributed by atoms with van der Waals surface area (Å²) < 4.78 is 0.752. The van der Waals surface area contributed by atoms with Gasteiger partial charge in [-0.1, -0.05) is 0 Å². The molecule has 1 aromatic rings. The van der Waals surface area contributed by atoms with Crippen molar-refractivity contribution in [2.75, 3.05) is 0 Å². The molecule has 44 valence electrons. The minimum atomic E-state index is -0.0446. The average Bonchev–Trinajstić information content (AvgIpc) is 1.83. The molecule has 0 aliphatic rings. The summed E-state index contributed by atoms with van der Waals surface area (Å²) in [6.45, 7) is 0. The van der Waals surface area contributed by atoms with Gasteiger partial charge in [0.25, 0.3) is 0 Å². The van der Waals surface area contributed by atoms with Crippen molar-refractivity contribution in [1.29, 1.82) is 0 Å². The first-order valence-electron chi connectivity index (χ1n) is 2.48. The van der Waals surface area contributed by atoms with Crippen LogP contribution in [0.5, 0.6) is 11.5 Å². The minimum absolute atomic E-state index is 0.00231. The van der Waals surface area contributed by atoms with Gasteiger partial charge in [0.05, 0.1) is 0 Å². The molecule has 3 heteroatoms. The number of hydrogen-bond acceptors (Lipinski definition) is 2. The quantitative estimate of drug-likeness (QED) is 0.430. The third-order valence-electron chi connectivity index (χ3n) is 1.05. The zero-order chi connectivity index (χ0) is 6.85. The molecule has 0 saturated heterocycles. The van der Waals surface area contributed by atoms with Gasteiger partial charge in [-0.15, -0.1) is 0 Å². The van der Waals surface area contributed by atoms with Gasteiger partial charge in [0.1, 0.15) is 0 Å². The summed E-state index contributed by atoms with van der Waals surface area (Å²) in [4.78, 5) is 0. The van der Waals surface area contributed by atoms with Crippen molar-refractivity contribution in [3.05, 3.63) is 18.2 Å². The Kier molecular flexibility index (Phi) is 1.73. The maximum atomic E-state index is 8.97. The van der Waals surface area contributed by atoms with Crippen LogP contribution in [0, 0.1) is 0 Å². The number of aromatic hydroxyl groups is 2. The molecule has 0 aliphatic heterocycles. The summed E-state index contributed by atoms with van der Waals surface area (Å²) >= 11 is 1.30. The zero-order valence-electron chi connectivity index (χ0n) is 4.70. The van der Waals surface area contributed by atoms with Crippen LogP contribution in [0.25, 0.3) is 0 Å². The van der Waals surface area contributed by atoms with Crippen LogP contribution in [-0.2, 0) is 0 Å². The first-order valence-corrected chi connectivity index (χ1v) is 3.69. The van der Waals surface area contributed by atoms with Gasteiger partial charge in [0.15, 0.2) is 0 Å². The fraction of sp³-hybridized carbons (Fsp3) is 0. The molecule has 2 radical (unpaired) electrons. The Labute approximate surface area is 63.1 Å². The monoisotopic (exact) mass is 178 g/mol. The van der Waals surface area contributed by atoms with Crippen LogP contribution in [0.3, 0.4) is 0 Å². The molecule has 1 aromatic carbocycles. The Hall–Kier alpha value is -0.544. The van der Waals surface area contributed by atoms with Crippen molar-refractivity contribution in [1.82, 2.24) is 0 Å². The first kappa shape index (κ1) is 6.57. The second kappa shape index (κ2) is 2.37. The molecule has 0 bridgehead atoms. The molecule has 0 heterocycles. The summed E-state index contributed by atoms with van der Waals surface area (Å²) in [6, 6.07) is 4.92. The van der Waals surface area contributed by atoms with E-state index in [9.17, 15) is 0 Å². The summed E-state index contributed by atoms with van der Waals surface area (Å²) in [5, 5.41) is 17.8. The molecule has 9 heavy (non-hydrogen) atoms. The Morgan fingerprint density at radius 2 is 1.89 bits per heavy atom. The van der Waals surface area contributed by atoms with Crippen LogP contribution >= 0.6 is 0 Å². The second-order valence-electron chi connectivity index (χ2n) is 1.71. The standard InChI is InChI=1S/C6H5O2.Ga/c7-5-3-1-2-4-6(5)8;/h1-3,7-8H;. The van der Waals surface area contributed by atoms with Crippen LogP contribution in [0.4, 0.5) is 0 Å². The maximum absolute atomic E-state index is 8.97. The molecule has 0 saturated carbocycles. The molecule has 0 atom stereocenters. The molecular weight excluding hydrogens is 174 g/mol.